The molecule has 0 atom stereocenters. The van der Waals surface area contributed by atoms with Crippen LogP contribution in [0, 0.1) is 34.3 Å². The third-order valence-corrected chi connectivity index (χ3v) is 13.1. The largest absolute Gasteiger partial charge is 0.456 e. The maximum absolute atomic E-state index is 14.7. The average Bonchev–Trinajstić information content (AvgIpc) is 4.19. The zero-order valence-corrected chi connectivity index (χ0v) is 43.0. The number of carbonyl (C=O) groups is 4. The molecule has 8 rings (SSSR count). The lowest BCUT2D eigenvalue weighted by atomic mass is 10.1. The Morgan fingerprint density at radius 1 is 0.506 bits per heavy atom. The molecule has 0 saturated carbocycles. The molecule has 0 saturated heterocycles. The summed E-state index contributed by atoms with van der Waals surface area (Å²) in [7, 11) is 0. The number of aromatic nitrogens is 2. The Kier molecular flexibility index (Phi) is 18.5. The van der Waals surface area contributed by atoms with Gasteiger partial charge in [0.15, 0.2) is 10.3 Å². The second kappa shape index (κ2) is 25.8. The van der Waals surface area contributed by atoms with Gasteiger partial charge in [-0.2, -0.15) is 36.9 Å². The molecular weight excluding hydrogens is 1120 g/mol. The lowest BCUT2D eigenvalue weighted by Crippen LogP contribution is -2.21. The molecule has 0 aliphatic heterocycles. The molecule has 27 heteroatoms. The van der Waals surface area contributed by atoms with Crippen LogP contribution in [-0.4, -0.2) is 73.2 Å². The molecule has 416 valence electrons. The first-order chi connectivity index (χ1) is 38.7. The van der Waals surface area contributed by atoms with Crippen LogP contribution in [-0.2, 0) is 58.6 Å². The van der Waals surface area contributed by atoms with Crippen molar-refractivity contribution in [2.45, 2.75) is 25.2 Å². The molecular formula is C54H38F8N8O9S2. The van der Waals surface area contributed by atoms with E-state index in [0.29, 0.717) is 20.4 Å². The van der Waals surface area contributed by atoms with Crippen molar-refractivity contribution >= 4 is 88.4 Å². The Labute approximate surface area is 460 Å². The number of halogens is 8. The van der Waals surface area contributed by atoms with E-state index in [1.54, 1.807) is 0 Å². The van der Waals surface area contributed by atoms with Crippen molar-refractivity contribution in [2.24, 2.45) is 0 Å². The number of alkyl halides is 6. The van der Waals surface area contributed by atoms with E-state index >= 15 is 0 Å². The number of hydrogen-bond acceptors (Lipinski definition) is 15. The highest BCUT2D eigenvalue weighted by atomic mass is 32.1. The van der Waals surface area contributed by atoms with Gasteiger partial charge < -0.3 is 34.3 Å². The van der Waals surface area contributed by atoms with Crippen molar-refractivity contribution < 1.29 is 78.0 Å². The standard InChI is InChI=1S/C54H38F8N8O9S2/c55-37-9-7-33(23-41(37)65-45(71)21-29-3-1-5-31(19-29)53(57,58)59)78-43-13-11-39-49(35(43)25-63)80-51(67-39)69-47(73)27-76-17-15-75-16-18-77-28-48(74)70-52-68-40-12-14-44(36(26-64)50(40)81-52)79-34-8-10-38(56)42(24-34)66-46(72)22-30-4-2-6-32(20-30)54(60,61)62/h1-14,19-20,23-24H,15-18,21-22,27-28H2,(H,65,71)(H,66,72)(H,67,69,73)(H,68,70,74). The first-order valence-electron chi connectivity index (χ1n) is 23.6. The van der Waals surface area contributed by atoms with Crippen LogP contribution in [0.5, 0.6) is 23.0 Å². The topological polar surface area (TPSA) is 236 Å². The molecule has 0 aliphatic carbocycles. The molecule has 0 fully saturated rings. The van der Waals surface area contributed by atoms with Crippen molar-refractivity contribution in [1.82, 2.24) is 9.97 Å². The summed E-state index contributed by atoms with van der Waals surface area (Å²) in [6, 6.07) is 25.1. The number of rotatable bonds is 22. The Morgan fingerprint density at radius 2 is 0.914 bits per heavy atom. The predicted octanol–water partition coefficient (Wildman–Crippen LogP) is 11.5. The van der Waals surface area contributed by atoms with Crippen molar-refractivity contribution in [3.8, 4) is 35.1 Å². The number of benzene rings is 6. The normalized spacial score (nSPS) is 11.4. The molecule has 8 aromatic rings. The van der Waals surface area contributed by atoms with Gasteiger partial charge in [0.05, 0.1) is 82.2 Å². The summed E-state index contributed by atoms with van der Waals surface area (Å²) in [4.78, 5) is 59.3. The van der Waals surface area contributed by atoms with Crippen LogP contribution in [0.2, 0.25) is 0 Å². The van der Waals surface area contributed by atoms with E-state index in [2.05, 4.69) is 31.2 Å². The van der Waals surface area contributed by atoms with E-state index in [0.717, 1.165) is 83.3 Å². The summed E-state index contributed by atoms with van der Waals surface area (Å²) < 4.78 is 137. The number of anilines is 4. The summed E-state index contributed by atoms with van der Waals surface area (Å²) in [5, 5.41) is 30.2. The van der Waals surface area contributed by atoms with Crippen LogP contribution < -0.4 is 30.7 Å². The highest BCUT2D eigenvalue weighted by molar-refractivity contribution is 7.23. The number of ether oxygens (including phenoxy) is 5. The molecule has 6 aromatic carbocycles. The molecule has 0 bridgehead atoms. The molecule has 0 unspecified atom stereocenters. The van der Waals surface area contributed by atoms with Gasteiger partial charge in [-0.05, 0) is 71.8 Å². The lowest BCUT2D eigenvalue weighted by Gasteiger charge is -2.12. The summed E-state index contributed by atoms with van der Waals surface area (Å²) in [6.07, 6.45) is -10.2. The van der Waals surface area contributed by atoms with Crippen molar-refractivity contribution in [3.63, 3.8) is 0 Å². The highest BCUT2D eigenvalue weighted by Gasteiger charge is 2.32. The minimum atomic E-state index is -4.61. The van der Waals surface area contributed by atoms with E-state index < -0.39 is 71.6 Å². The Balaban J connectivity index is 0.735. The summed E-state index contributed by atoms with van der Waals surface area (Å²) in [5.41, 5.74) is -1.64. The van der Waals surface area contributed by atoms with E-state index in [9.17, 15) is 64.8 Å². The zero-order chi connectivity index (χ0) is 57.8. The summed E-state index contributed by atoms with van der Waals surface area (Å²) >= 11 is 1.94. The van der Waals surface area contributed by atoms with Gasteiger partial charge >= 0.3 is 12.4 Å². The smallest absolute Gasteiger partial charge is 0.416 e. The number of hydrogen-bond donors (Lipinski definition) is 4. The van der Waals surface area contributed by atoms with Crippen molar-refractivity contribution in [1.29, 1.82) is 10.5 Å². The SMILES string of the molecule is N#Cc1c(Oc2ccc(F)c(NC(=O)Cc3cccc(C(F)(F)F)c3)c2)ccc2nc(NC(=O)COCCOCCOCC(=O)Nc3nc4ccc(Oc5ccc(F)c(NC(=O)Cc6cccc(C(F)(F)F)c6)c5)c(C#N)c4s3)sc12. The van der Waals surface area contributed by atoms with Gasteiger partial charge in [0.25, 0.3) is 11.8 Å². The van der Waals surface area contributed by atoms with E-state index in [4.69, 9.17) is 23.7 Å². The maximum Gasteiger partial charge on any atom is 0.416 e. The fraction of sp³-hybridized carbons (Fsp3) is 0.185. The van der Waals surface area contributed by atoms with Crippen LogP contribution in [0.25, 0.3) is 20.4 Å². The molecule has 17 nitrogen and oxygen atoms in total. The second-order valence-electron chi connectivity index (χ2n) is 17.0. The van der Waals surface area contributed by atoms with Crippen molar-refractivity contribution in [2.75, 3.05) is 60.9 Å². The molecule has 0 aliphatic rings. The molecule has 4 N–H and O–H groups in total. The van der Waals surface area contributed by atoms with Gasteiger partial charge in [0.1, 0.15) is 71.1 Å². The average molecular weight is 1160 g/mol. The number of nitriles is 2. The van der Waals surface area contributed by atoms with Gasteiger partial charge in [-0.15, -0.1) is 0 Å². The second-order valence-corrected chi connectivity index (χ2v) is 19.0. The third kappa shape index (κ3) is 15.6. The zero-order valence-electron chi connectivity index (χ0n) is 41.4. The lowest BCUT2D eigenvalue weighted by molar-refractivity contribution is -0.138. The first kappa shape index (κ1) is 58.0. The van der Waals surface area contributed by atoms with E-state index in [1.807, 2.05) is 12.1 Å². The molecule has 2 heterocycles. The number of nitrogens with one attached hydrogen (secondary N) is 4. The number of nitrogens with zero attached hydrogens (tertiary/aromatic N) is 4. The van der Waals surface area contributed by atoms with Gasteiger partial charge in [-0.25, -0.2) is 18.7 Å². The van der Waals surface area contributed by atoms with E-state index in [-0.39, 0.29) is 107 Å². The number of carbonyl (C=O) groups excluding carboxylic acids is 4. The van der Waals surface area contributed by atoms with Gasteiger partial charge in [-0.1, -0.05) is 59.1 Å². The van der Waals surface area contributed by atoms with Crippen LogP contribution in [0.1, 0.15) is 33.4 Å². The highest BCUT2D eigenvalue weighted by Crippen LogP contribution is 2.39. The minimum absolute atomic E-state index is 0.00490. The number of fused-ring (bicyclic) bond motifs is 2. The van der Waals surface area contributed by atoms with Crippen LogP contribution in [0.15, 0.2) is 109 Å². The summed E-state index contributed by atoms with van der Waals surface area (Å²) in [6.45, 7) is -0.640. The van der Waals surface area contributed by atoms with Gasteiger partial charge in [-0.3, -0.25) is 29.8 Å². The fourth-order valence-corrected chi connectivity index (χ4v) is 9.41. The van der Waals surface area contributed by atoms with Crippen LogP contribution >= 0.6 is 22.7 Å². The van der Waals surface area contributed by atoms with Crippen LogP contribution in [0.4, 0.5) is 56.8 Å². The molecule has 0 radical (unpaired) electrons. The molecule has 2 aromatic heterocycles. The third-order valence-electron chi connectivity index (χ3n) is 11.1. The monoisotopic (exact) mass is 1160 g/mol. The number of thiazole rings is 2. The Morgan fingerprint density at radius 3 is 1.31 bits per heavy atom. The minimum Gasteiger partial charge on any atom is -0.456 e. The van der Waals surface area contributed by atoms with Gasteiger partial charge in [0, 0.05) is 12.1 Å². The maximum atomic E-state index is 14.7. The predicted molar refractivity (Wildman–Crippen MR) is 279 cm³/mol. The molecule has 4 amide bonds. The summed E-state index contributed by atoms with van der Waals surface area (Å²) in [5.74, 6) is -4.30. The Bertz CT molecular complexity index is 3530. The molecule has 81 heavy (non-hydrogen) atoms. The number of amides is 4. The Hall–Kier alpha value is -9.12. The van der Waals surface area contributed by atoms with Crippen LogP contribution in [0.3, 0.4) is 0 Å². The fourth-order valence-electron chi connectivity index (χ4n) is 7.47. The molecule has 0 spiro atoms. The quantitative estimate of drug-likeness (QED) is 0.0365. The van der Waals surface area contributed by atoms with Crippen molar-refractivity contribution in [3.05, 3.63) is 154 Å². The first-order valence-corrected chi connectivity index (χ1v) is 25.2. The van der Waals surface area contributed by atoms with Gasteiger partial charge in [0.2, 0.25) is 11.8 Å². The van der Waals surface area contributed by atoms with E-state index in [1.165, 1.54) is 48.5 Å².